The molecule has 3 N–H and O–H groups in total. The highest BCUT2D eigenvalue weighted by atomic mass is 15.5. The third-order valence-corrected chi connectivity index (χ3v) is 3.11. The molecule has 2 unspecified atom stereocenters. The highest BCUT2D eigenvalue weighted by Gasteiger charge is 2.51. The van der Waals surface area contributed by atoms with Crippen LogP contribution in [0.15, 0.2) is 6.20 Å². The fourth-order valence-corrected chi connectivity index (χ4v) is 1.99. The van der Waals surface area contributed by atoms with Crippen LogP contribution in [0.25, 0.3) is 0 Å². The van der Waals surface area contributed by atoms with E-state index in [2.05, 4.69) is 29.5 Å². The second kappa shape index (κ2) is 3.03. The largest absolute Gasteiger partial charge is 0.271 e. The lowest BCUT2D eigenvalue weighted by atomic mass is 10.0. The fourth-order valence-electron chi connectivity index (χ4n) is 1.99. The zero-order valence-electron chi connectivity index (χ0n) is 8.86. The Bertz CT molecular complexity index is 330. The summed E-state index contributed by atoms with van der Waals surface area (Å²) >= 11 is 0. The number of hydrogen-bond acceptors (Lipinski definition) is 4. The molecular formula is C9H17N5. The first kappa shape index (κ1) is 9.61. The summed E-state index contributed by atoms with van der Waals surface area (Å²) in [6.07, 6.45) is 2.97. The fraction of sp³-hybridized carbons (Fsp3) is 0.778. The van der Waals surface area contributed by atoms with Crippen LogP contribution in [0, 0.1) is 11.3 Å². The Morgan fingerprint density at radius 1 is 1.71 bits per heavy atom. The van der Waals surface area contributed by atoms with Crippen molar-refractivity contribution < 1.29 is 0 Å². The van der Waals surface area contributed by atoms with Crippen LogP contribution < -0.4 is 11.3 Å². The van der Waals surface area contributed by atoms with Gasteiger partial charge in [-0.25, -0.2) is 0 Å². The monoisotopic (exact) mass is 195 g/mol. The highest BCUT2D eigenvalue weighted by Crippen LogP contribution is 2.57. The Morgan fingerprint density at radius 2 is 2.36 bits per heavy atom. The summed E-state index contributed by atoms with van der Waals surface area (Å²) in [6, 6.07) is 0.138. The van der Waals surface area contributed by atoms with E-state index >= 15 is 0 Å². The first-order valence-corrected chi connectivity index (χ1v) is 4.87. The Morgan fingerprint density at radius 3 is 2.71 bits per heavy atom. The van der Waals surface area contributed by atoms with Gasteiger partial charge in [-0.3, -0.25) is 11.3 Å². The molecule has 0 aliphatic heterocycles. The summed E-state index contributed by atoms with van der Waals surface area (Å²) in [7, 11) is 1.81. The molecule has 14 heavy (non-hydrogen) atoms. The molecule has 0 spiro atoms. The molecule has 78 valence electrons. The molecule has 0 radical (unpaired) electrons. The lowest BCUT2D eigenvalue weighted by Crippen LogP contribution is -2.31. The van der Waals surface area contributed by atoms with E-state index in [0.717, 1.165) is 5.69 Å². The standard InChI is InChI=1S/C9H17N5/c1-9(2)4-6(9)8(12-10)7-5-11-14(3)13-7/h5-6,8,12H,4,10H2,1-3H3. The van der Waals surface area contributed by atoms with Crippen molar-refractivity contribution in [2.75, 3.05) is 0 Å². The van der Waals surface area contributed by atoms with Crippen molar-refractivity contribution in [2.45, 2.75) is 26.3 Å². The summed E-state index contributed by atoms with van der Waals surface area (Å²) in [5.41, 5.74) is 4.15. The van der Waals surface area contributed by atoms with Crippen LogP contribution in [0.1, 0.15) is 32.0 Å². The average Bonchev–Trinajstić information content (AvgIpc) is 2.56. The molecule has 2 rings (SSSR count). The molecule has 0 bridgehead atoms. The molecule has 1 aliphatic carbocycles. The van der Waals surface area contributed by atoms with Crippen LogP contribution in [0.5, 0.6) is 0 Å². The highest BCUT2D eigenvalue weighted by molar-refractivity contribution is 5.11. The van der Waals surface area contributed by atoms with Gasteiger partial charge in [-0.2, -0.15) is 15.0 Å². The van der Waals surface area contributed by atoms with E-state index in [0.29, 0.717) is 11.3 Å². The Hall–Kier alpha value is -0.940. The third-order valence-electron chi connectivity index (χ3n) is 3.11. The van der Waals surface area contributed by atoms with E-state index in [1.54, 1.807) is 11.0 Å². The maximum atomic E-state index is 5.55. The van der Waals surface area contributed by atoms with Crippen LogP contribution in [-0.2, 0) is 7.05 Å². The summed E-state index contributed by atoms with van der Waals surface area (Å²) in [4.78, 5) is 1.56. The number of nitrogens with zero attached hydrogens (tertiary/aromatic N) is 3. The zero-order valence-corrected chi connectivity index (χ0v) is 8.86. The number of aryl methyl sites for hydroxylation is 1. The van der Waals surface area contributed by atoms with E-state index in [9.17, 15) is 0 Å². The SMILES string of the molecule is Cn1ncc(C(NN)C2CC2(C)C)n1. The number of hydrazine groups is 1. The van der Waals surface area contributed by atoms with Gasteiger partial charge in [-0.15, -0.1) is 0 Å². The van der Waals surface area contributed by atoms with Gasteiger partial charge in [0, 0.05) is 7.05 Å². The number of nitrogens with one attached hydrogen (secondary N) is 1. The van der Waals surface area contributed by atoms with Gasteiger partial charge >= 0.3 is 0 Å². The van der Waals surface area contributed by atoms with Crippen molar-refractivity contribution in [3.05, 3.63) is 11.9 Å². The van der Waals surface area contributed by atoms with Gasteiger partial charge in [-0.05, 0) is 17.8 Å². The minimum Gasteiger partial charge on any atom is -0.271 e. The van der Waals surface area contributed by atoms with Crippen molar-refractivity contribution in [3.8, 4) is 0 Å². The number of hydrogen-bond donors (Lipinski definition) is 2. The van der Waals surface area contributed by atoms with Crippen molar-refractivity contribution in [1.29, 1.82) is 0 Å². The Labute approximate surface area is 83.6 Å². The molecule has 1 heterocycles. The van der Waals surface area contributed by atoms with Crippen LogP contribution in [0.3, 0.4) is 0 Å². The maximum Gasteiger partial charge on any atom is 0.101 e. The molecule has 2 atom stereocenters. The van der Waals surface area contributed by atoms with Gasteiger partial charge in [0.2, 0.25) is 0 Å². The molecule has 0 saturated heterocycles. The predicted octanol–water partition coefficient (Wildman–Crippen LogP) is 0.366. The van der Waals surface area contributed by atoms with Crippen molar-refractivity contribution in [1.82, 2.24) is 20.4 Å². The normalized spacial score (nSPS) is 26.1. The first-order valence-electron chi connectivity index (χ1n) is 4.87. The summed E-state index contributed by atoms with van der Waals surface area (Å²) in [6.45, 7) is 4.50. The van der Waals surface area contributed by atoms with Gasteiger partial charge in [0.1, 0.15) is 5.69 Å². The molecule has 1 aromatic heterocycles. The maximum absolute atomic E-state index is 5.55. The van der Waals surface area contributed by atoms with E-state index in [1.807, 2.05) is 7.05 Å². The van der Waals surface area contributed by atoms with Crippen LogP contribution in [0.2, 0.25) is 0 Å². The number of rotatable bonds is 3. The van der Waals surface area contributed by atoms with Gasteiger partial charge in [0.25, 0.3) is 0 Å². The Balaban J connectivity index is 2.15. The minimum atomic E-state index is 0.138. The van der Waals surface area contributed by atoms with Crippen LogP contribution >= 0.6 is 0 Å². The first-order chi connectivity index (χ1) is 6.54. The molecule has 5 nitrogen and oxygen atoms in total. The van der Waals surface area contributed by atoms with Gasteiger partial charge in [-0.1, -0.05) is 13.8 Å². The van der Waals surface area contributed by atoms with Crippen molar-refractivity contribution >= 4 is 0 Å². The van der Waals surface area contributed by atoms with Crippen LogP contribution in [0.4, 0.5) is 0 Å². The molecule has 1 aliphatic rings. The molecule has 1 saturated carbocycles. The second-order valence-corrected chi connectivity index (χ2v) is 4.70. The minimum absolute atomic E-state index is 0.138. The second-order valence-electron chi connectivity index (χ2n) is 4.70. The summed E-state index contributed by atoms with van der Waals surface area (Å²) < 4.78 is 0. The third kappa shape index (κ3) is 1.53. The molecule has 1 aromatic rings. The quantitative estimate of drug-likeness (QED) is 0.540. The molecule has 1 fully saturated rings. The average molecular weight is 195 g/mol. The van der Waals surface area contributed by atoms with Crippen LogP contribution in [-0.4, -0.2) is 15.0 Å². The van der Waals surface area contributed by atoms with Gasteiger partial charge < -0.3 is 0 Å². The van der Waals surface area contributed by atoms with Gasteiger partial charge in [0.05, 0.1) is 12.2 Å². The topological polar surface area (TPSA) is 68.8 Å². The number of aromatic nitrogens is 3. The van der Waals surface area contributed by atoms with E-state index in [4.69, 9.17) is 5.84 Å². The van der Waals surface area contributed by atoms with E-state index < -0.39 is 0 Å². The summed E-state index contributed by atoms with van der Waals surface area (Å²) in [5.74, 6) is 6.12. The smallest absolute Gasteiger partial charge is 0.101 e. The Kier molecular flexibility index (Phi) is 2.08. The van der Waals surface area contributed by atoms with E-state index in [1.165, 1.54) is 6.42 Å². The van der Waals surface area contributed by atoms with Crippen molar-refractivity contribution in [3.63, 3.8) is 0 Å². The molecule has 0 aromatic carbocycles. The lowest BCUT2D eigenvalue weighted by molar-refractivity contribution is 0.412. The van der Waals surface area contributed by atoms with E-state index in [-0.39, 0.29) is 6.04 Å². The van der Waals surface area contributed by atoms with Gasteiger partial charge in [0.15, 0.2) is 0 Å². The molecular weight excluding hydrogens is 178 g/mol. The molecule has 0 amide bonds. The lowest BCUT2D eigenvalue weighted by Gasteiger charge is -2.14. The predicted molar refractivity (Wildman–Crippen MR) is 53.0 cm³/mol. The molecule has 5 heteroatoms. The summed E-state index contributed by atoms with van der Waals surface area (Å²) in [5, 5.41) is 8.33. The number of nitrogens with two attached hydrogens (primary N) is 1. The van der Waals surface area contributed by atoms with Crippen molar-refractivity contribution in [2.24, 2.45) is 24.2 Å². The zero-order chi connectivity index (χ0) is 10.3.